The molecule has 0 bridgehead atoms. The molecule has 1 atom stereocenters. The lowest BCUT2D eigenvalue weighted by atomic mass is 10.3. The smallest absolute Gasteiger partial charge is 0.234 e. The summed E-state index contributed by atoms with van der Waals surface area (Å²) >= 11 is 0. The molecule has 1 amide bonds. The van der Waals surface area contributed by atoms with Gasteiger partial charge in [-0.25, -0.2) is 0 Å². The average molecular weight is 212 g/mol. The van der Waals surface area contributed by atoms with Gasteiger partial charge in [-0.2, -0.15) is 0 Å². The van der Waals surface area contributed by atoms with E-state index in [-0.39, 0.29) is 11.9 Å². The van der Waals surface area contributed by atoms with E-state index in [0.717, 1.165) is 19.4 Å². The first-order chi connectivity index (χ1) is 7.20. The minimum atomic E-state index is -0.0137. The van der Waals surface area contributed by atoms with Crippen LogP contribution in [0.2, 0.25) is 0 Å². The summed E-state index contributed by atoms with van der Waals surface area (Å²) in [6.45, 7) is 3.54. The second-order valence-electron chi connectivity index (χ2n) is 3.41. The van der Waals surface area contributed by atoms with E-state index < -0.39 is 0 Å². The molecule has 0 aliphatic heterocycles. The standard InChI is InChI=1S/C11H20N2O2/c1-4-5-6-7-12-8-11(14)13-10(2)9-15-3/h1,10,12H,5-9H2,2-3H3,(H,13,14). The molecular formula is C11H20N2O2. The number of terminal acetylenes is 1. The summed E-state index contributed by atoms with van der Waals surface area (Å²) in [7, 11) is 1.61. The lowest BCUT2D eigenvalue weighted by molar-refractivity contribution is -0.121. The Bertz CT molecular complexity index is 211. The minimum Gasteiger partial charge on any atom is -0.383 e. The summed E-state index contributed by atoms with van der Waals surface area (Å²) in [5.41, 5.74) is 0. The highest BCUT2D eigenvalue weighted by atomic mass is 16.5. The lowest BCUT2D eigenvalue weighted by Crippen LogP contribution is -2.41. The van der Waals surface area contributed by atoms with Gasteiger partial charge in [-0.15, -0.1) is 12.3 Å². The molecule has 0 heterocycles. The Kier molecular flexibility index (Phi) is 8.84. The highest BCUT2D eigenvalue weighted by molar-refractivity contribution is 5.78. The van der Waals surface area contributed by atoms with Crippen molar-refractivity contribution in [3.8, 4) is 12.3 Å². The van der Waals surface area contributed by atoms with E-state index in [1.807, 2.05) is 6.92 Å². The minimum absolute atomic E-state index is 0.0137. The summed E-state index contributed by atoms with van der Waals surface area (Å²) in [4.78, 5) is 11.3. The van der Waals surface area contributed by atoms with Crippen LogP contribution in [0.15, 0.2) is 0 Å². The van der Waals surface area contributed by atoms with Crippen LogP contribution in [0.5, 0.6) is 0 Å². The van der Waals surface area contributed by atoms with E-state index in [1.165, 1.54) is 0 Å². The normalized spacial score (nSPS) is 11.8. The SMILES string of the molecule is C#CCCCNCC(=O)NC(C)COC. The summed E-state index contributed by atoms with van der Waals surface area (Å²) in [6, 6.07) is 0.0509. The van der Waals surface area contributed by atoms with E-state index >= 15 is 0 Å². The molecule has 0 aromatic heterocycles. The Balaban J connectivity index is 3.37. The van der Waals surface area contributed by atoms with E-state index in [4.69, 9.17) is 11.2 Å². The first-order valence-corrected chi connectivity index (χ1v) is 5.13. The van der Waals surface area contributed by atoms with Crippen LogP contribution in [0.4, 0.5) is 0 Å². The van der Waals surface area contributed by atoms with Crippen molar-refractivity contribution < 1.29 is 9.53 Å². The number of amides is 1. The predicted molar refractivity (Wildman–Crippen MR) is 60.4 cm³/mol. The van der Waals surface area contributed by atoms with Gasteiger partial charge in [0.05, 0.1) is 13.2 Å². The Morgan fingerprint density at radius 1 is 1.60 bits per heavy atom. The van der Waals surface area contributed by atoms with Crippen LogP contribution in [-0.4, -0.2) is 38.8 Å². The van der Waals surface area contributed by atoms with Gasteiger partial charge in [0.2, 0.25) is 5.91 Å². The second-order valence-corrected chi connectivity index (χ2v) is 3.41. The maximum absolute atomic E-state index is 11.3. The van der Waals surface area contributed by atoms with Crippen molar-refractivity contribution in [1.29, 1.82) is 0 Å². The number of unbranched alkanes of at least 4 members (excludes halogenated alkanes) is 1. The molecular weight excluding hydrogens is 192 g/mol. The van der Waals surface area contributed by atoms with Crippen LogP contribution in [0.3, 0.4) is 0 Å². The molecule has 0 rings (SSSR count). The van der Waals surface area contributed by atoms with Gasteiger partial charge in [-0.3, -0.25) is 4.79 Å². The van der Waals surface area contributed by atoms with Crippen LogP contribution < -0.4 is 10.6 Å². The highest BCUT2D eigenvalue weighted by Crippen LogP contribution is 1.84. The number of hydrogen-bond acceptors (Lipinski definition) is 3. The Hall–Kier alpha value is -1.05. The molecule has 0 aromatic carbocycles. The number of rotatable bonds is 8. The molecule has 0 saturated heterocycles. The van der Waals surface area contributed by atoms with Crippen molar-refractivity contribution in [1.82, 2.24) is 10.6 Å². The van der Waals surface area contributed by atoms with Gasteiger partial charge in [0.15, 0.2) is 0 Å². The van der Waals surface area contributed by atoms with Crippen LogP contribution in [-0.2, 0) is 9.53 Å². The topological polar surface area (TPSA) is 50.4 Å². The molecule has 86 valence electrons. The number of nitrogens with one attached hydrogen (secondary N) is 2. The summed E-state index contributed by atoms with van der Waals surface area (Å²) < 4.78 is 4.90. The van der Waals surface area contributed by atoms with Crippen LogP contribution in [0.25, 0.3) is 0 Å². The third-order valence-electron chi connectivity index (χ3n) is 1.78. The molecule has 0 spiro atoms. The molecule has 0 fully saturated rings. The molecule has 0 aliphatic rings. The average Bonchev–Trinajstić information content (AvgIpc) is 2.17. The number of ether oxygens (including phenoxy) is 1. The quantitative estimate of drug-likeness (QED) is 0.444. The maximum atomic E-state index is 11.3. The van der Waals surface area contributed by atoms with E-state index in [1.54, 1.807) is 7.11 Å². The third kappa shape index (κ3) is 9.26. The van der Waals surface area contributed by atoms with Gasteiger partial charge in [-0.05, 0) is 19.9 Å². The van der Waals surface area contributed by atoms with Crippen molar-refractivity contribution in [2.75, 3.05) is 26.8 Å². The maximum Gasteiger partial charge on any atom is 0.234 e. The fourth-order valence-corrected chi connectivity index (χ4v) is 1.13. The number of carbonyl (C=O) groups excluding carboxylic acids is 1. The predicted octanol–water partition coefficient (Wildman–Crippen LogP) is 0.141. The highest BCUT2D eigenvalue weighted by Gasteiger charge is 2.05. The monoisotopic (exact) mass is 212 g/mol. The van der Waals surface area contributed by atoms with Gasteiger partial charge >= 0.3 is 0 Å². The van der Waals surface area contributed by atoms with Crippen LogP contribution in [0, 0.1) is 12.3 Å². The van der Waals surface area contributed by atoms with Crippen molar-refractivity contribution in [3.05, 3.63) is 0 Å². The van der Waals surface area contributed by atoms with Crippen molar-refractivity contribution in [2.24, 2.45) is 0 Å². The van der Waals surface area contributed by atoms with E-state index in [2.05, 4.69) is 16.6 Å². The van der Waals surface area contributed by atoms with Gasteiger partial charge in [-0.1, -0.05) is 0 Å². The van der Waals surface area contributed by atoms with Crippen LogP contribution in [0.1, 0.15) is 19.8 Å². The van der Waals surface area contributed by atoms with Crippen molar-refractivity contribution >= 4 is 5.91 Å². The first-order valence-electron chi connectivity index (χ1n) is 5.13. The molecule has 1 unspecified atom stereocenters. The lowest BCUT2D eigenvalue weighted by Gasteiger charge is -2.12. The van der Waals surface area contributed by atoms with Gasteiger partial charge in [0, 0.05) is 19.6 Å². The third-order valence-corrected chi connectivity index (χ3v) is 1.78. The summed E-state index contributed by atoms with van der Waals surface area (Å²) in [5, 5.41) is 5.82. The molecule has 0 aliphatic carbocycles. The molecule has 0 aromatic rings. The van der Waals surface area contributed by atoms with E-state index in [0.29, 0.717) is 13.2 Å². The van der Waals surface area contributed by atoms with Gasteiger partial charge < -0.3 is 15.4 Å². The largest absolute Gasteiger partial charge is 0.383 e. The molecule has 15 heavy (non-hydrogen) atoms. The fraction of sp³-hybridized carbons (Fsp3) is 0.727. The van der Waals surface area contributed by atoms with Crippen LogP contribution >= 0.6 is 0 Å². The second kappa shape index (κ2) is 9.50. The summed E-state index contributed by atoms with van der Waals surface area (Å²) in [6.07, 6.45) is 6.74. The zero-order chi connectivity index (χ0) is 11.5. The molecule has 0 radical (unpaired) electrons. The first kappa shape index (κ1) is 13.9. The molecule has 2 N–H and O–H groups in total. The number of hydrogen-bond donors (Lipinski definition) is 2. The zero-order valence-electron chi connectivity index (χ0n) is 9.51. The zero-order valence-corrected chi connectivity index (χ0v) is 9.51. The van der Waals surface area contributed by atoms with E-state index in [9.17, 15) is 4.79 Å². The number of carbonyl (C=O) groups is 1. The Morgan fingerprint density at radius 2 is 2.33 bits per heavy atom. The van der Waals surface area contributed by atoms with Gasteiger partial charge in [0.25, 0.3) is 0 Å². The Morgan fingerprint density at radius 3 is 2.93 bits per heavy atom. The molecule has 0 saturated carbocycles. The van der Waals surface area contributed by atoms with Crippen molar-refractivity contribution in [2.45, 2.75) is 25.8 Å². The molecule has 4 nitrogen and oxygen atoms in total. The van der Waals surface area contributed by atoms with Gasteiger partial charge in [0.1, 0.15) is 0 Å². The summed E-state index contributed by atoms with van der Waals surface area (Å²) in [5.74, 6) is 2.53. The Labute approximate surface area is 91.8 Å². The fourth-order valence-electron chi connectivity index (χ4n) is 1.13. The number of methoxy groups -OCH3 is 1. The van der Waals surface area contributed by atoms with Crippen molar-refractivity contribution in [3.63, 3.8) is 0 Å². The molecule has 4 heteroatoms.